The van der Waals surface area contributed by atoms with E-state index in [0.29, 0.717) is 12.8 Å². The number of aliphatic hydroxyl groups is 11. The van der Waals surface area contributed by atoms with Gasteiger partial charge in [-0.25, -0.2) is 0 Å². The number of nitrogens with one attached hydrogen (secondary N) is 1. The number of unbranched alkanes of at least 4 members (excludes halogenated alkanes) is 15. The number of hydrogen-bond donors (Lipinski definition) is 12. The lowest BCUT2D eigenvalue weighted by molar-refractivity contribution is -0.379. The molecule has 17 unspecified atom stereocenters. The topological polar surface area (TPSA) is 307 Å². The zero-order valence-corrected chi connectivity index (χ0v) is 55.9. The van der Waals surface area contributed by atoms with E-state index in [4.69, 9.17) is 28.4 Å². The molecule has 0 aromatic heterocycles. The Balaban J connectivity index is 1.31. The predicted molar refractivity (Wildman–Crippen MR) is 364 cm³/mol. The Hall–Kier alpha value is -4.07. The zero-order valence-electron chi connectivity index (χ0n) is 55.9. The van der Waals surface area contributed by atoms with Crippen LogP contribution in [0.2, 0.25) is 0 Å². The van der Waals surface area contributed by atoms with Gasteiger partial charge in [0, 0.05) is 6.42 Å². The second kappa shape index (κ2) is 54.0. The van der Waals surface area contributed by atoms with E-state index in [1.165, 1.54) is 44.9 Å². The van der Waals surface area contributed by atoms with Gasteiger partial charge in [0.1, 0.15) is 73.2 Å². The van der Waals surface area contributed by atoms with Crippen molar-refractivity contribution in [1.82, 2.24) is 5.32 Å². The second-order valence-electron chi connectivity index (χ2n) is 24.2. The van der Waals surface area contributed by atoms with Crippen molar-refractivity contribution in [2.24, 2.45) is 0 Å². The molecule has 530 valence electrons. The maximum absolute atomic E-state index is 13.3. The highest BCUT2D eigenvalue weighted by Gasteiger charge is 2.53. The van der Waals surface area contributed by atoms with Crippen LogP contribution in [0.15, 0.2) is 134 Å². The highest BCUT2D eigenvalue weighted by Crippen LogP contribution is 2.33. The molecule has 3 saturated heterocycles. The third-order valence-corrected chi connectivity index (χ3v) is 16.4. The Morgan fingerprint density at radius 2 is 0.753 bits per heavy atom. The van der Waals surface area contributed by atoms with E-state index >= 15 is 0 Å². The average molecular weight is 1310 g/mol. The summed E-state index contributed by atoms with van der Waals surface area (Å²) in [7, 11) is 0. The molecule has 93 heavy (non-hydrogen) atoms. The van der Waals surface area contributed by atoms with Crippen LogP contribution in [0.25, 0.3) is 0 Å². The fourth-order valence-electron chi connectivity index (χ4n) is 10.8. The Morgan fingerprint density at radius 1 is 0.398 bits per heavy atom. The highest BCUT2D eigenvalue weighted by molar-refractivity contribution is 5.76. The lowest BCUT2D eigenvalue weighted by atomic mass is 9.96. The van der Waals surface area contributed by atoms with Crippen LogP contribution in [-0.2, 0) is 33.2 Å². The summed E-state index contributed by atoms with van der Waals surface area (Å²) in [5, 5.41) is 120. The second-order valence-corrected chi connectivity index (χ2v) is 24.2. The minimum absolute atomic E-state index is 0.223. The van der Waals surface area contributed by atoms with Gasteiger partial charge < -0.3 is 89.9 Å². The van der Waals surface area contributed by atoms with Crippen molar-refractivity contribution < 1.29 is 89.4 Å². The smallest absolute Gasteiger partial charge is 0.220 e. The van der Waals surface area contributed by atoms with Gasteiger partial charge in [-0.05, 0) is 103 Å². The molecule has 0 aromatic carbocycles. The van der Waals surface area contributed by atoms with Gasteiger partial charge in [-0.3, -0.25) is 4.79 Å². The van der Waals surface area contributed by atoms with Crippen LogP contribution in [0.1, 0.15) is 194 Å². The number of allylic oxidation sites excluding steroid dienone is 21. The molecule has 19 heteroatoms. The summed E-state index contributed by atoms with van der Waals surface area (Å²) in [5.74, 6) is -0.298. The Bertz CT molecular complexity index is 2210. The van der Waals surface area contributed by atoms with Crippen LogP contribution in [0.3, 0.4) is 0 Å². The minimum Gasteiger partial charge on any atom is -0.394 e. The van der Waals surface area contributed by atoms with Gasteiger partial charge in [0.25, 0.3) is 0 Å². The Labute approximate surface area is 556 Å². The van der Waals surface area contributed by atoms with Gasteiger partial charge >= 0.3 is 0 Å². The molecule has 3 heterocycles. The summed E-state index contributed by atoms with van der Waals surface area (Å²) >= 11 is 0. The van der Waals surface area contributed by atoms with E-state index in [9.17, 15) is 61.0 Å². The van der Waals surface area contributed by atoms with Crippen molar-refractivity contribution in [1.29, 1.82) is 0 Å². The number of amides is 1. The standard InChI is InChI=1S/C74H121NO18/c1-3-5-7-9-11-13-14-15-16-17-18-19-20-21-22-23-24-25-26-27-28-29-30-31-32-33-34-35-36-37-38-39-40-41-42-44-46-48-50-52-62(80)75-57(58(79)51-49-47-45-43-12-10-8-6-4-2)56-88-72-68(86)65(83)70(60(54-77)90-72)93-74-69(87)66(84)71(61(55-78)91-74)92-73-67(85)64(82)63(81)59(53-76)89-73/h5,7,11-13,15-16,18-19,21-22,24-25,27-28,30-31,33-34,43,49,51,57-61,63-74,76-79,81-87H,3-4,6,8-10,14,17,20,23,26,29,32,35-42,44-48,50,52-56H2,1-2H3,(H,75,80)/b7-5-,13-11-,16-15-,19-18-,22-21-,25-24-,28-27-,31-30-,34-33-,43-12+,51-49+. The van der Waals surface area contributed by atoms with Gasteiger partial charge in [0.2, 0.25) is 5.91 Å². The molecule has 0 aromatic rings. The predicted octanol–water partition coefficient (Wildman–Crippen LogP) is 9.38. The maximum Gasteiger partial charge on any atom is 0.220 e. The summed E-state index contributed by atoms with van der Waals surface area (Å²) < 4.78 is 34.2. The van der Waals surface area contributed by atoms with Gasteiger partial charge in [-0.15, -0.1) is 0 Å². The van der Waals surface area contributed by atoms with E-state index in [1.54, 1.807) is 6.08 Å². The summed E-state index contributed by atoms with van der Waals surface area (Å²) in [5.41, 5.74) is 0. The van der Waals surface area contributed by atoms with Crippen molar-refractivity contribution in [2.45, 2.75) is 298 Å². The van der Waals surface area contributed by atoms with E-state index in [0.717, 1.165) is 116 Å². The molecule has 3 aliphatic heterocycles. The number of hydrogen-bond acceptors (Lipinski definition) is 18. The Morgan fingerprint density at radius 3 is 1.20 bits per heavy atom. The van der Waals surface area contributed by atoms with E-state index in [1.807, 2.05) is 6.08 Å². The zero-order chi connectivity index (χ0) is 67.5. The van der Waals surface area contributed by atoms with Crippen molar-refractivity contribution in [2.75, 3.05) is 26.4 Å². The molecule has 17 atom stereocenters. The molecule has 3 rings (SSSR count). The van der Waals surface area contributed by atoms with Crippen molar-refractivity contribution in [3.63, 3.8) is 0 Å². The molecule has 1 amide bonds. The molecular formula is C74H121NO18. The maximum atomic E-state index is 13.3. The molecule has 0 spiro atoms. The molecule has 0 radical (unpaired) electrons. The minimum atomic E-state index is -1.99. The number of ether oxygens (including phenoxy) is 6. The summed E-state index contributed by atoms with van der Waals surface area (Å²) in [6, 6.07) is -0.998. The quantitative estimate of drug-likeness (QED) is 0.0199. The van der Waals surface area contributed by atoms with Gasteiger partial charge in [0.15, 0.2) is 18.9 Å². The van der Waals surface area contributed by atoms with Crippen molar-refractivity contribution >= 4 is 5.91 Å². The van der Waals surface area contributed by atoms with Crippen LogP contribution in [0, 0.1) is 0 Å². The number of carbonyl (C=O) groups is 1. The number of rotatable bonds is 51. The first-order chi connectivity index (χ1) is 45.3. The molecular weight excluding hydrogens is 1190 g/mol. The fourth-order valence-corrected chi connectivity index (χ4v) is 10.8. The molecule has 0 aliphatic carbocycles. The summed E-state index contributed by atoms with van der Waals surface area (Å²) in [6.45, 7) is 1.50. The highest BCUT2D eigenvalue weighted by atomic mass is 16.8. The third kappa shape index (κ3) is 35.7. The monoisotopic (exact) mass is 1310 g/mol. The Kier molecular flexibility index (Phi) is 48.3. The first-order valence-corrected chi connectivity index (χ1v) is 34.9. The SMILES string of the molecule is CC/C=C\C/C=C\C/C=C\C/C=C\C/C=C\C/C=C\C/C=C\C/C=C\C/C=C\CCCCCCCCCCCCCC(=O)NC(COC1OC(CO)C(OC2OC(CO)C(OC3OC(CO)C(O)C(O)C3O)C(O)C2O)C(O)C1O)C(O)/C=C/CC/C=C/CCCCC. The lowest BCUT2D eigenvalue weighted by Gasteiger charge is -2.48. The molecule has 0 bridgehead atoms. The summed E-state index contributed by atoms with van der Waals surface area (Å²) in [4.78, 5) is 13.3. The lowest BCUT2D eigenvalue weighted by Crippen LogP contribution is -2.66. The van der Waals surface area contributed by atoms with Crippen LogP contribution >= 0.6 is 0 Å². The number of carbonyl (C=O) groups excluding carboxylic acids is 1. The van der Waals surface area contributed by atoms with Crippen molar-refractivity contribution in [3.8, 4) is 0 Å². The molecule has 12 N–H and O–H groups in total. The summed E-state index contributed by atoms with van der Waals surface area (Å²) in [6.07, 6.45) is 49.0. The van der Waals surface area contributed by atoms with Crippen LogP contribution in [-0.4, -0.2) is 193 Å². The van der Waals surface area contributed by atoms with Crippen LogP contribution in [0.5, 0.6) is 0 Å². The molecule has 3 fully saturated rings. The fraction of sp³-hybridized carbons (Fsp3) is 0.689. The molecule has 19 nitrogen and oxygen atoms in total. The first-order valence-electron chi connectivity index (χ1n) is 34.9. The van der Waals surface area contributed by atoms with E-state index < -0.39 is 124 Å². The molecule has 0 saturated carbocycles. The van der Waals surface area contributed by atoms with Crippen LogP contribution < -0.4 is 5.32 Å². The normalized spacial score (nSPS) is 28.4. The first kappa shape index (κ1) is 83.2. The van der Waals surface area contributed by atoms with Gasteiger partial charge in [-0.1, -0.05) is 218 Å². The van der Waals surface area contributed by atoms with Crippen LogP contribution in [0.4, 0.5) is 0 Å². The average Bonchev–Trinajstić information content (AvgIpc) is 0.828. The van der Waals surface area contributed by atoms with Crippen molar-refractivity contribution in [3.05, 3.63) is 134 Å². The van der Waals surface area contributed by atoms with E-state index in [-0.39, 0.29) is 18.9 Å². The largest absolute Gasteiger partial charge is 0.394 e. The van der Waals surface area contributed by atoms with Gasteiger partial charge in [-0.2, -0.15) is 0 Å². The molecule has 3 aliphatic rings. The van der Waals surface area contributed by atoms with E-state index in [2.05, 4.69) is 141 Å². The number of aliphatic hydroxyl groups excluding tert-OH is 11. The van der Waals surface area contributed by atoms with Gasteiger partial charge in [0.05, 0.1) is 38.6 Å². The third-order valence-electron chi connectivity index (χ3n) is 16.4.